The maximum absolute atomic E-state index is 12.6. The molecule has 1 N–H and O–H groups in total. The summed E-state index contributed by atoms with van der Waals surface area (Å²) in [5.41, 5.74) is 4.14. The van der Waals surface area contributed by atoms with Gasteiger partial charge in [0.15, 0.2) is 0 Å². The number of para-hydroxylation sites is 1. The highest BCUT2D eigenvalue weighted by Gasteiger charge is 2.16. The Morgan fingerprint density at radius 2 is 1.89 bits per heavy atom. The van der Waals surface area contributed by atoms with Crippen molar-refractivity contribution in [2.24, 2.45) is 0 Å². The molecule has 2 aromatic heterocycles. The lowest BCUT2D eigenvalue weighted by Crippen LogP contribution is -2.20. The zero-order valence-electron chi connectivity index (χ0n) is 15.3. The third-order valence-electron chi connectivity index (χ3n) is 5.33. The van der Waals surface area contributed by atoms with E-state index in [1.54, 1.807) is 16.8 Å². The minimum absolute atomic E-state index is 0.0219. The van der Waals surface area contributed by atoms with E-state index < -0.39 is 5.63 Å². The van der Waals surface area contributed by atoms with E-state index in [4.69, 9.17) is 4.42 Å². The number of hydrogen-bond donors (Lipinski definition) is 1. The summed E-state index contributed by atoms with van der Waals surface area (Å²) in [4.78, 5) is 24.8. The lowest BCUT2D eigenvalue weighted by atomic mass is 9.91. The Kier molecular flexibility index (Phi) is 3.97. The Labute approximate surface area is 160 Å². The number of hydrogen-bond acceptors (Lipinski definition) is 4. The number of amides is 1. The predicted octanol–water partition coefficient (Wildman–Crippen LogP) is 3.66. The van der Waals surface area contributed by atoms with Crippen LogP contribution in [0, 0.1) is 0 Å². The molecule has 0 saturated carbocycles. The fraction of sp³-hybridized carbons (Fsp3) is 0.227. The SMILES string of the molecule is O=C(Cn1ncc2c(=O)oc3ccccc3c21)Nc1ccc2c(c1)CCCC2. The number of carbonyl (C=O) groups is 1. The van der Waals surface area contributed by atoms with Crippen molar-refractivity contribution in [3.05, 3.63) is 70.2 Å². The van der Waals surface area contributed by atoms with Gasteiger partial charge in [0.2, 0.25) is 5.91 Å². The summed E-state index contributed by atoms with van der Waals surface area (Å²) in [5.74, 6) is -0.182. The van der Waals surface area contributed by atoms with Crippen molar-refractivity contribution in [1.29, 1.82) is 0 Å². The molecule has 0 saturated heterocycles. The highest BCUT2D eigenvalue weighted by molar-refractivity contribution is 6.02. The monoisotopic (exact) mass is 373 g/mol. The van der Waals surface area contributed by atoms with E-state index in [9.17, 15) is 9.59 Å². The summed E-state index contributed by atoms with van der Waals surface area (Å²) >= 11 is 0. The second-order valence-corrected chi connectivity index (χ2v) is 7.19. The van der Waals surface area contributed by atoms with Crippen molar-refractivity contribution < 1.29 is 9.21 Å². The first kappa shape index (κ1) is 16.7. The molecule has 6 heteroatoms. The summed E-state index contributed by atoms with van der Waals surface area (Å²) in [6.07, 6.45) is 6.05. The van der Waals surface area contributed by atoms with Gasteiger partial charge in [0, 0.05) is 11.1 Å². The molecule has 0 bridgehead atoms. The van der Waals surface area contributed by atoms with Crippen LogP contribution in [0.5, 0.6) is 0 Å². The van der Waals surface area contributed by atoms with Gasteiger partial charge in [-0.2, -0.15) is 5.10 Å². The number of carbonyl (C=O) groups excluding carboxylic acids is 1. The van der Waals surface area contributed by atoms with E-state index in [1.807, 2.05) is 18.2 Å². The normalized spacial score (nSPS) is 13.6. The second-order valence-electron chi connectivity index (χ2n) is 7.19. The number of nitrogens with one attached hydrogen (secondary N) is 1. The molecule has 0 radical (unpaired) electrons. The molecular weight excluding hydrogens is 354 g/mol. The summed E-state index contributed by atoms with van der Waals surface area (Å²) in [7, 11) is 0. The predicted molar refractivity (Wildman–Crippen MR) is 107 cm³/mol. The van der Waals surface area contributed by atoms with E-state index in [0.717, 1.165) is 23.9 Å². The van der Waals surface area contributed by atoms with Crippen LogP contribution in [0.4, 0.5) is 5.69 Å². The number of nitrogens with zero attached hydrogens (tertiary/aromatic N) is 2. The summed E-state index contributed by atoms with van der Waals surface area (Å²) in [6, 6.07) is 13.4. The highest BCUT2D eigenvalue weighted by Crippen LogP contribution is 2.25. The molecule has 1 aliphatic carbocycles. The van der Waals surface area contributed by atoms with Gasteiger partial charge in [-0.1, -0.05) is 18.2 Å². The molecule has 140 valence electrons. The van der Waals surface area contributed by atoms with E-state index >= 15 is 0 Å². The van der Waals surface area contributed by atoms with Gasteiger partial charge in [0.1, 0.15) is 17.5 Å². The van der Waals surface area contributed by atoms with Crippen molar-refractivity contribution in [1.82, 2.24) is 9.78 Å². The Morgan fingerprint density at radius 3 is 2.79 bits per heavy atom. The molecule has 0 fully saturated rings. The van der Waals surface area contributed by atoms with Gasteiger partial charge in [0.25, 0.3) is 0 Å². The Balaban J connectivity index is 1.45. The lowest BCUT2D eigenvalue weighted by molar-refractivity contribution is -0.116. The van der Waals surface area contributed by atoms with Crippen molar-refractivity contribution >= 4 is 33.5 Å². The first-order chi connectivity index (χ1) is 13.7. The van der Waals surface area contributed by atoms with Gasteiger partial charge in [0.05, 0.1) is 11.7 Å². The molecule has 0 unspecified atom stereocenters. The van der Waals surface area contributed by atoms with Crippen LogP contribution in [-0.4, -0.2) is 15.7 Å². The molecule has 6 nitrogen and oxygen atoms in total. The van der Waals surface area contributed by atoms with Crippen LogP contribution in [0.1, 0.15) is 24.0 Å². The topological polar surface area (TPSA) is 77.1 Å². The van der Waals surface area contributed by atoms with Gasteiger partial charge in [-0.15, -0.1) is 0 Å². The molecular formula is C22H19N3O3. The summed E-state index contributed by atoms with van der Waals surface area (Å²) in [6.45, 7) is 0.0219. The van der Waals surface area contributed by atoms with Crippen molar-refractivity contribution in [3.8, 4) is 0 Å². The number of fused-ring (bicyclic) bond motifs is 4. The third kappa shape index (κ3) is 2.87. The number of benzene rings is 2. The lowest BCUT2D eigenvalue weighted by Gasteiger charge is -2.17. The smallest absolute Gasteiger partial charge is 0.347 e. The van der Waals surface area contributed by atoms with E-state index in [0.29, 0.717) is 16.5 Å². The van der Waals surface area contributed by atoms with Crippen LogP contribution >= 0.6 is 0 Å². The van der Waals surface area contributed by atoms with E-state index in [1.165, 1.54) is 30.2 Å². The van der Waals surface area contributed by atoms with Crippen LogP contribution < -0.4 is 10.9 Å². The van der Waals surface area contributed by atoms with Crippen molar-refractivity contribution in [2.75, 3.05) is 5.32 Å². The van der Waals surface area contributed by atoms with Gasteiger partial charge in [-0.3, -0.25) is 9.48 Å². The zero-order valence-corrected chi connectivity index (χ0v) is 15.3. The minimum atomic E-state index is -0.449. The van der Waals surface area contributed by atoms with Gasteiger partial charge >= 0.3 is 5.63 Å². The summed E-state index contributed by atoms with van der Waals surface area (Å²) in [5, 5.41) is 8.35. The average molecular weight is 373 g/mol. The molecule has 2 aromatic carbocycles. The summed E-state index contributed by atoms with van der Waals surface area (Å²) < 4.78 is 6.89. The standard InChI is InChI=1S/C22H19N3O3/c26-20(24-16-10-9-14-5-1-2-6-15(14)11-16)13-25-21-17-7-3-4-8-19(17)28-22(27)18(21)12-23-25/h3-4,7-12H,1-2,5-6,13H2,(H,24,26). The van der Waals surface area contributed by atoms with Gasteiger partial charge < -0.3 is 9.73 Å². The molecule has 2 heterocycles. The number of anilines is 1. The largest absolute Gasteiger partial charge is 0.422 e. The maximum Gasteiger partial charge on any atom is 0.347 e. The number of aromatic nitrogens is 2. The molecule has 4 aromatic rings. The Morgan fingerprint density at radius 1 is 1.07 bits per heavy atom. The molecule has 5 rings (SSSR count). The number of aryl methyl sites for hydroxylation is 2. The third-order valence-corrected chi connectivity index (χ3v) is 5.33. The van der Waals surface area contributed by atoms with Gasteiger partial charge in [-0.05, 0) is 61.1 Å². The van der Waals surface area contributed by atoms with Crippen molar-refractivity contribution in [2.45, 2.75) is 32.2 Å². The number of rotatable bonds is 3. The van der Waals surface area contributed by atoms with E-state index in [-0.39, 0.29) is 12.5 Å². The zero-order chi connectivity index (χ0) is 19.1. The molecule has 1 aliphatic rings. The first-order valence-corrected chi connectivity index (χ1v) is 9.48. The average Bonchev–Trinajstić information content (AvgIpc) is 3.12. The van der Waals surface area contributed by atoms with Crippen LogP contribution in [0.15, 0.2) is 57.9 Å². The van der Waals surface area contributed by atoms with Crippen LogP contribution in [0.25, 0.3) is 21.9 Å². The minimum Gasteiger partial charge on any atom is -0.422 e. The van der Waals surface area contributed by atoms with Gasteiger partial charge in [-0.25, -0.2) is 4.79 Å². The molecule has 0 spiro atoms. The molecule has 1 amide bonds. The second kappa shape index (κ2) is 6.64. The Hall–Kier alpha value is -3.41. The van der Waals surface area contributed by atoms with Crippen LogP contribution in [-0.2, 0) is 24.2 Å². The quantitative estimate of drug-likeness (QED) is 0.556. The van der Waals surface area contributed by atoms with Crippen LogP contribution in [0.2, 0.25) is 0 Å². The molecule has 28 heavy (non-hydrogen) atoms. The first-order valence-electron chi connectivity index (χ1n) is 9.48. The fourth-order valence-corrected chi connectivity index (χ4v) is 3.99. The molecule has 0 aliphatic heterocycles. The van der Waals surface area contributed by atoms with Crippen molar-refractivity contribution in [3.63, 3.8) is 0 Å². The highest BCUT2D eigenvalue weighted by atomic mass is 16.4. The van der Waals surface area contributed by atoms with E-state index in [2.05, 4.69) is 22.5 Å². The van der Waals surface area contributed by atoms with Crippen LogP contribution in [0.3, 0.4) is 0 Å². The molecule has 0 atom stereocenters. The Bertz CT molecular complexity index is 1270. The maximum atomic E-state index is 12.6. The fourth-order valence-electron chi connectivity index (χ4n) is 3.99.